The first-order valence-corrected chi connectivity index (χ1v) is 8.78. The Labute approximate surface area is 137 Å². The van der Waals surface area contributed by atoms with Gasteiger partial charge in [-0.2, -0.15) is 0 Å². The minimum absolute atomic E-state index is 0.153. The highest BCUT2D eigenvalue weighted by molar-refractivity contribution is 7.99. The third-order valence-corrected chi connectivity index (χ3v) is 5.24. The molecule has 2 aromatic carbocycles. The van der Waals surface area contributed by atoms with Gasteiger partial charge >= 0.3 is 0 Å². The van der Waals surface area contributed by atoms with Crippen LogP contribution in [0.25, 0.3) is 0 Å². The first-order chi connectivity index (χ1) is 10.7. The minimum Gasteiger partial charge on any atom is -0.374 e. The highest BCUT2D eigenvalue weighted by Gasteiger charge is 2.21. The molecule has 0 saturated heterocycles. The summed E-state index contributed by atoms with van der Waals surface area (Å²) in [5.41, 5.74) is 3.81. The van der Waals surface area contributed by atoms with E-state index < -0.39 is 0 Å². The Morgan fingerprint density at radius 1 is 1.09 bits per heavy atom. The molecule has 0 aliphatic carbocycles. The van der Waals surface area contributed by atoms with Crippen molar-refractivity contribution in [3.05, 3.63) is 48.0 Å². The summed E-state index contributed by atoms with van der Waals surface area (Å²) in [6.45, 7) is 5.17. The highest BCUT2D eigenvalue weighted by Crippen LogP contribution is 2.47. The normalized spacial score (nSPS) is 14.4. The molecule has 3 rings (SSSR count). The lowest BCUT2D eigenvalue weighted by Gasteiger charge is -2.30. The number of fused-ring (bicyclic) bond motifs is 2. The van der Waals surface area contributed by atoms with Crippen molar-refractivity contribution in [2.24, 2.45) is 0 Å². The summed E-state index contributed by atoms with van der Waals surface area (Å²) in [5.74, 6) is 0. The number of rotatable bonds is 5. The van der Waals surface area contributed by atoms with Gasteiger partial charge in [0.2, 0.25) is 0 Å². The van der Waals surface area contributed by atoms with Gasteiger partial charge in [0.15, 0.2) is 0 Å². The molecule has 0 spiro atoms. The molecule has 2 nitrogen and oxygen atoms in total. The van der Waals surface area contributed by atoms with Gasteiger partial charge < -0.3 is 9.64 Å². The molecule has 0 radical (unpaired) electrons. The van der Waals surface area contributed by atoms with E-state index in [0.717, 1.165) is 13.0 Å². The van der Waals surface area contributed by atoms with Crippen molar-refractivity contribution in [1.82, 2.24) is 0 Å². The van der Waals surface area contributed by atoms with Gasteiger partial charge in [-0.25, -0.2) is 0 Å². The summed E-state index contributed by atoms with van der Waals surface area (Å²) in [4.78, 5) is 4.90. The fraction of sp³-hybridized carbons (Fsp3) is 0.368. The Morgan fingerprint density at radius 3 is 2.68 bits per heavy atom. The Balaban J connectivity index is 1.83. The molecule has 0 bridgehead atoms. The van der Waals surface area contributed by atoms with E-state index in [1.165, 1.54) is 33.2 Å². The predicted octanol–water partition coefficient (Wildman–Crippen LogP) is 5.80. The molecular weight excluding hydrogens is 290 g/mol. The van der Waals surface area contributed by atoms with Gasteiger partial charge in [-0.15, -0.1) is 0 Å². The monoisotopic (exact) mass is 313 g/mol. The SMILES string of the molecule is CCCCO[C@H](C)c1ccc2c(c1)Sc1ccccc1N2C. The van der Waals surface area contributed by atoms with Gasteiger partial charge in [0.25, 0.3) is 0 Å². The second-order valence-corrected chi connectivity index (χ2v) is 6.81. The number of nitrogens with zero attached hydrogens (tertiary/aromatic N) is 1. The molecule has 0 N–H and O–H groups in total. The van der Waals surface area contributed by atoms with Crippen molar-refractivity contribution in [2.45, 2.75) is 42.6 Å². The molecule has 22 heavy (non-hydrogen) atoms. The molecule has 1 heterocycles. The van der Waals surface area contributed by atoms with Gasteiger partial charge in [-0.05, 0) is 43.2 Å². The summed E-state index contributed by atoms with van der Waals surface area (Å²) in [6, 6.07) is 15.3. The first-order valence-electron chi connectivity index (χ1n) is 7.97. The fourth-order valence-corrected chi connectivity index (χ4v) is 3.91. The molecule has 0 amide bonds. The van der Waals surface area contributed by atoms with Gasteiger partial charge in [-0.3, -0.25) is 0 Å². The van der Waals surface area contributed by atoms with E-state index >= 15 is 0 Å². The average Bonchev–Trinajstić information content (AvgIpc) is 2.55. The lowest BCUT2D eigenvalue weighted by Crippen LogP contribution is -2.15. The second-order valence-electron chi connectivity index (χ2n) is 5.72. The Hall–Kier alpha value is -1.45. The van der Waals surface area contributed by atoms with Crippen LogP contribution in [0.3, 0.4) is 0 Å². The molecule has 0 aromatic heterocycles. The van der Waals surface area contributed by atoms with Crippen LogP contribution in [0.2, 0.25) is 0 Å². The first kappa shape index (κ1) is 15.4. The molecule has 0 fully saturated rings. The zero-order valence-corrected chi connectivity index (χ0v) is 14.3. The Kier molecular flexibility index (Phi) is 4.74. The van der Waals surface area contributed by atoms with Crippen LogP contribution < -0.4 is 4.90 Å². The smallest absolute Gasteiger partial charge is 0.0797 e. The number of ether oxygens (including phenoxy) is 1. The van der Waals surface area contributed by atoms with Crippen LogP contribution in [0, 0.1) is 0 Å². The zero-order valence-electron chi connectivity index (χ0n) is 13.5. The predicted molar refractivity (Wildman–Crippen MR) is 94.3 cm³/mol. The van der Waals surface area contributed by atoms with E-state index in [1.807, 2.05) is 11.8 Å². The second kappa shape index (κ2) is 6.76. The van der Waals surface area contributed by atoms with Crippen LogP contribution in [0.1, 0.15) is 38.4 Å². The maximum absolute atomic E-state index is 5.93. The molecule has 1 aliphatic heterocycles. The van der Waals surface area contributed by atoms with Crippen LogP contribution in [0.4, 0.5) is 11.4 Å². The molecule has 3 heteroatoms. The van der Waals surface area contributed by atoms with Crippen molar-refractivity contribution in [3.63, 3.8) is 0 Å². The quantitative estimate of drug-likeness (QED) is 0.648. The summed E-state index contributed by atoms with van der Waals surface area (Å²) < 4.78 is 5.93. The molecule has 116 valence electrons. The molecule has 2 aromatic rings. The van der Waals surface area contributed by atoms with E-state index in [4.69, 9.17) is 4.74 Å². The standard InChI is InChI=1S/C19H23NOS/c1-4-5-12-21-14(2)15-10-11-17-19(13-15)22-18-9-7-6-8-16(18)20(17)3/h6-11,13-14H,4-5,12H2,1-3H3/t14-/m1/s1. The van der Waals surface area contributed by atoms with Crippen LogP contribution in [-0.2, 0) is 4.74 Å². The fourth-order valence-electron chi connectivity index (χ4n) is 2.71. The summed E-state index contributed by atoms with van der Waals surface area (Å²) in [7, 11) is 2.14. The molecule has 1 aliphatic rings. The van der Waals surface area contributed by atoms with Crippen LogP contribution in [0.15, 0.2) is 52.3 Å². The number of hydrogen-bond donors (Lipinski definition) is 0. The molecule has 0 unspecified atom stereocenters. The van der Waals surface area contributed by atoms with Crippen LogP contribution >= 0.6 is 11.8 Å². The number of unbranched alkanes of at least 4 members (excludes halogenated alkanes) is 1. The van der Waals surface area contributed by atoms with Gasteiger partial charge in [0, 0.05) is 23.4 Å². The van der Waals surface area contributed by atoms with Gasteiger partial charge in [0.1, 0.15) is 0 Å². The summed E-state index contributed by atoms with van der Waals surface area (Å²) >= 11 is 1.85. The number of para-hydroxylation sites is 1. The van der Waals surface area contributed by atoms with E-state index in [2.05, 4.69) is 68.3 Å². The average molecular weight is 313 g/mol. The van der Waals surface area contributed by atoms with Crippen molar-refractivity contribution in [2.75, 3.05) is 18.6 Å². The summed E-state index contributed by atoms with van der Waals surface area (Å²) in [5, 5.41) is 0. The zero-order chi connectivity index (χ0) is 15.5. The van der Waals surface area contributed by atoms with Crippen molar-refractivity contribution in [3.8, 4) is 0 Å². The number of hydrogen-bond acceptors (Lipinski definition) is 3. The van der Waals surface area contributed by atoms with Gasteiger partial charge in [0.05, 0.1) is 17.5 Å². The Morgan fingerprint density at radius 2 is 1.86 bits per heavy atom. The molecule has 1 atom stereocenters. The number of anilines is 2. The molecule has 0 saturated carbocycles. The van der Waals surface area contributed by atoms with Crippen molar-refractivity contribution >= 4 is 23.1 Å². The van der Waals surface area contributed by atoms with E-state index in [-0.39, 0.29) is 6.10 Å². The van der Waals surface area contributed by atoms with E-state index in [9.17, 15) is 0 Å². The largest absolute Gasteiger partial charge is 0.374 e. The topological polar surface area (TPSA) is 12.5 Å². The van der Waals surface area contributed by atoms with Crippen molar-refractivity contribution < 1.29 is 4.74 Å². The lowest BCUT2D eigenvalue weighted by atomic mass is 10.1. The maximum atomic E-state index is 5.93. The lowest BCUT2D eigenvalue weighted by molar-refractivity contribution is 0.0636. The third-order valence-electron chi connectivity index (χ3n) is 4.13. The van der Waals surface area contributed by atoms with E-state index in [0.29, 0.717) is 0 Å². The van der Waals surface area contributed by atoms with E-state index in [1.54, 1.807) is 0 Å². The van der Waals surface area contributed by atoms with Crippen LogP contribution in [0.5, 0.6) is 0 Å². The van der Waals surface area contributed by atoms with Gasteiger partial charge in [-0.1, -0.05) is 43.3 Å². The minimum atomic E-state index is 0.153. The highest BCUT2D eigenvalue weighted by atomic mass is 32.2. The number of benzene rings is 2. The van der Waals surface area contributed by atoms with Crippen molar-refractivity contribution in [1.29, 1.82) is 0 Å². The molecular formula is C19H23NOS. The third kappa shape index (κ3) is 3.01. The Bertz CT molecular complexity index is 656. The summed E-state index contributed by atoms with van der Waals surface area (Å²) in [6.07, 6.45) is 2.45. The maximum Gasteiger partial charge on any atom is 0.0797 e. The van der Waals surface area contributed by atoms with Crippen LogP contribution in [-0.4, -0.2) is 13.7 Å².